The van der Waals surface area contributed by atoms with Crippen LogP contribution in [0.25, 0.3) is 16.5 Å². The van der Waals surface area contributed by atoms with Gasteiger partial charge >= 0.3 is 0 Å². The Hall–Kier alpha value is -3.42. The summed E-state index contributed by atoms with van der Waals surface area (Å²) in [5.74, 6) is 0.423. The molecule has 0 spiro atoms. The van der Waals surface area contributed by atoms with Gasteiger partial charge in [-0.15, -0.1) is 5.10 Å². The van der Waals surface area contributed by atoms with Crippen molar-refractivity contribution in [3.8, 4) is 0 Å². The first-order valence-electron chi connectivity index (χ1n) is 10.7. The van der Waals surface area contributed by atoms with Crippen LogP contribution in [0.15, 0.2) is 47.2 Å². The number of rotatable bonds is 6. The molecule has 1 aliphatic carbocycles. The SMILES string of the molecule is CN(C(=O)c1cc2cc(C3=CCCN(C(=O)CCn4ccnn4)C3)ccc2o1)C1CC1. The van der Waals surface area contributed by atoms with E-state index < -0.39 is 0 Å². The largest absolute Gasteiger partial charge is 0.451 e. The fourth-order valence-electron chi connectivity index (χ4n) is 4.04. The average molecular weight is 419 g/mol. The Labute approximate surface area is 180 Å². The van der Waals surface area contributed by atoms with E-state index in [0.717, 1.165) is 42.3 Å². The maximum Gasteiger partial charge on any atom is 0.289 e. The molecule has 2 aromatic heterocycles. The van der Waals surface area contributed by atoms with Crippen molar-refractivity contribution < 1.29 is 14.0 Å². The van der Waals surface area contributed by atoms with E-state index >= 15 is 0 Å². The van der Waals surface area contributed by atoms with Crippen LogP contribution in [0, 0.1) is 0 Å². The van der Waals surface area contributed by atoms with Crippen LogP contribution < -0.4 is 0 Å². The molecule has 0 unspecified atom stereocenters. The second-order valence-electron chi connectivity index (χ2n) is 8.26. The summed E-state index contributed by atoms with van der Waals surface area (Å²) >= 11 is 0. The van der Waals surface area contributed by atoms with Gasteiger partial charge in [0, 0.05) is 44.2 Å². The highest BCUT2D eigenvalue weighted by Gasteiger charge is 2.31. The van der Waals surface area contributed by atoms with Crippen LogP contribution in [0.4, 0.5) is 0 Å². The first-order chi connectivity index (χ1) is 15.1. The summed E-state index contributed by atoms with van der Waals surface area (Å²) in [4.78, 5) is 28.9. The number of amides is 2. The van der Waals surface area contributed by atoms with E-state index in [2.05, 4.69) is 16.4 Å². The number of aryl methyl sites for hydroxylation is 1. The zero-order valence-corrected chi connectivity index (χ0v) is 17.5. The molecule has 0 N–H and O–H groups in total. The predicted molar refractivity (Wildman–Crippen MR) is 115 cm³/mol. The van der Waals surface area contributed by atoms with Crippen molar-refractivity contribution >= 4 is 28.4 Å². The molecule has 1 aliphatic heterocycles. The van der Waals surface area contributed by atoms with E-state index in [-0.39, 0.29) is 11.8 Å². The van der Waals surface area contributed by atoms with Crippen LogP contribution in [-0.2, 0) is 11.3 Å². The fourth-order valence-corrected chi connectivity index (χ4v) is 4.04. The molecule has 2 aliphatic rings. The Morgan fingerprint density at radius 1 is 1.26 bits per heavy atom. The summed E-state index contributed by atoms with van der Waals surface area (Å²) in [6.07, 6.45) is 8.91. The first-order valence-corrected chi connectivity index (χ1v) is 10.7. The van der Waals surface area contributed by atoms with Crippen LogP contribution in [0.3, 0.4) is 0 Å². The van der Waals surface area contributed by atoms with Crippen LogP contribution in [0.2, 0.25) is 0 Å². The van der Waals surface area contributed by atoms with Crippen LogP contribution in [-0.4, -0.2) is 62.8 Å². The number of furan rings is 1. The summed E-state index contributed by atoms with van der Waals surface area (Å²) in [6, 6.07) is 8.12. The van der Waals surface area contributed by atoms with Crippen molar-refractivity contribution in [3.63, 3.8) is 0 Å². The predicted octanol–water partition coefficient (Wildman–Crippen LogP) is 2.96. The van der Waals surface area contributed by atoms with E-state index in [1.165, 1.54) is 0 Å². The third-order valence-corrected chi connectivity index (χ3v) is 6.04. The van der Waals surface area contributed by atoms with Gasteiger partial charge in [-0.25, -0.2) is 0 Å². The maximum atomic E-state index is 12.7. The number of aromatic nitrogens is 3. The van der Waals surface area contributed by atoms with Crippen molar-refractivity contribution in [1.29, 1.82) is 0 Å². The van der Waals surface area contributed by atoms with Gasteiger partial charge in [0.15, 0.2) is 5.76 Å². The molecule has 1 saturated carbocycles. The molecule has 0 radical (unpaired) electrons. The van der Waals surface area contributed by atoms with Crippen molar-refractivity contribution in [2.45, 2.75) is 38.3 Å². The van der Waals surface area contributed by atoms with Crippen molar-refractivity contribution in [2.75, 3.05) is 20.1 Å². The molecule has 1 fully saturated rings. The summed E-state index contributed by atoms with van der Waals surface area (Å²) < 4.78 is 7.48. The Balaban J connectivity index is 1.28. The number of hydrogen-bond donors (Lipinski definition) is 0. The molecule has 3 heterocycles. The lowest BCUT2D eigenvalue weighted by Crippen LogP contribution is -2.35. The monoisotopic (exact) mass is 419 g/mol. The topological polar surface area (TPSA) is 84.5 Å². The number of benzene rings is 1. The van der Waals surface area contributed by atoms with E-state index in [4.69, 9.17) is 4.42 Å². The second kappa shape index (κ2) is 8.02. The van der Waals surface area contributed by atoms with E-state index in [9.17, 15) is 9.59 Å². The number of carbonyl (C=O) groups is 2. The zero-order valence-electron chi connectivity index (χ0n) is 17.5. The minimum atomic E-state index is -0.0683. The quantitative estimate of drug-likeness (QED) is 0.613. The molecule has 0 atom stereocenters. The number of nitrogens with zero attached hydrogens (tertiary/aromatic N) is 5. The molecule has 2 amide bonds. The normalized spacial score (nSPS) is 16.4. The van der Waals surface area contributed by atoms with Crippen molar-refractivity contribution in [1.82, 2.24) is 24.8 Å². The first kappa shape index (κ1) is 19.5. The van der Waals surface area contributed by atoms with Gasteiger partial charge in [-0.1, -0.05) is 17.4 Å². The highest BCUT2D eigenvalue weighted by Crippen LogP contribution is 2.30. The molecular formula is C23H25N5O3. The van der Waals surface area contributed by atoms with E-state index in [1.807, 2.05) is 36.2 Å². The van der Waals surface area contributed by atoms with Gasteiger partial charge in [0.25, 0.3) is 5.91 Å². The lowest BCUT2D eigenvalue weighted by molar-refractivity contribution is -0.131. The van der Waals surface area contributed by atoms with Gasteiger partial charge in [0.05, 0.1) is 12.7 Å². The minimum absolute atomic E-state index is 0.0683. The summed E-state index contributed by atoms with van der Waals surface area (Å²) in [5.41, 5.74) is 2.87. The van der Waals surface area contributed by atoms with Gasteiger partial charge < -0.3 is 14.2 Å². The standard InChI is InChI=1S/C23H25N5O3/c1-26(19-5-6-19)23(30)21-14-18-13-16(4-7-20(18)31-21)17-3-2-10-27(15-17)22(29)8-11-28-12-9-24-25-28/h3-4,7,9,12-14,19H,2,5-6,8,10-11,15H2,1H3. The van der Waals surface area contributed by atoms with Gasteiger partial charge in [-0.2, -0.15) is 0 Å². The smallest absolute Gasteiger partial charge is 0.289 e. The molecule has 3 aromatic rings. The maximum absolute atomic E-state index is 12.7. The van der Waals surface area contributed by atoms with Gasteiger partial charge in [0.1, 0.15) is 5.58 Å². The average Bonchev–Trinajstić information content (AvgIpc) is 3.34. The molecule has 160 valence electrons. The molecule has 0 bridgehead atoms. The number of fused-ring (bicyclic) bond motifs is 1. The van der Waals surface area contributed by atoms with Crippen molar-refractivity contribution in [3.05, 3.63) is 54.1 Å². The molecule has 5 rings (SSSR count). The highest BCUT2D eigenvalue weighted by atomic mass is 16.3. The molecule has 1 aromatic carbocycles. The Kier molecular flexibility index (Phi) is 5.05. The number of carbonyl (C=O) groups excluding carboxylic acids is 2. The zero-order chi connectivity index (χ0) is 21.4. The van der Waals surface area contributed by atoms with Crippen molar-refractivity contribution in [2.24, 2.45) is 0 Å². The second-order valence-corrected chi connectivity index (χ2v) is 8.26. The highest BCUT2D eigenvalue weighted by molar-refractivity contribution is 5.97. The summed E-state index contributed by atoms with van der Waals surface area (Å²) in [7, 11) is 1.83. The fraction of sp³-hybridized carbons (Fsp3) is 0.391. The molecule has 8 nitrogen and oxygen atoms in total. The Morgan fingerprint density at radius 3 is 2.90 bits per heavy atom. The lowest BCUT2D eigenvalue weighted by Gasteiger charge is -2.27. The third kappa shape index (κ3) is 4.10. The van der Waals surface area contributed by atoms with Gasteiger partial charge in [0.2, 0.25) is 5.91 Å². The number of hydrogen-bond acceptors (Lipinski definition) is 5. The summed E-state index contributed by atoms with van der Waals surface area (Å²) in [6.45, 7) is 1.83. The van der Waals surface area contributed by atoms with Gasteiger partial charge in [-0.3, -0.25) is 14.3 Å². The lowest BCUT2D eigenvalue weighted by atomic mass is 9.99. The molecule has 0 saturated heterocycles. The molecule has 31 heavy (non-hydrogen) atoms. The van der Waals surface area contributed by atoms with E-state index in [0.29, 0.717) is 36.9 Å². The van der Waals surface area contributed by atoms with Gasteiger partial charge in [-0.05, 0) is 48.6 Å². The minimum Gasteiger partial charge on any atom is -0.451 e. The Morgan fingerprint density at radius 2 is 2.13 bits per heavy atom. The molecule has 8 heteroatoms. The molecular weight excluding hydrogens is 394 g/mol. The van der Waals surface area contributed by atoms with E-state index in [1.54, 1.807) is 22.0 Å². The Bertz CT molecular complexity index is 1140. The summed E-state index contributed by atoms with van der Waals surface area (Å²) in [5, 5.41) is 8.59. The van der Waals surface area contributed by atoms with Crippen LogP contribution in [0.5, 0.6) is 0 Å². The third-order valence-electron chi connectivity index (χ3n) is 6.04. The van der Waals surface area contributed by atoms with Crippen LogP contribution >= 0.6 is 0 Å². The van der Waals surface area contributed by atoms with Crippen LogP contribution in [0.1, 0.15) is 41.8 Å².